The lowest BCUT2D eigenvalue weighted by atomic mass is 9.74. The van der Waals surface area contributed by atoms with Crippen LogP contribution in [0.3, 0.4) is 0 Å². The van der Waals surface area contributed by atoms with Gasteiger partial charge >= 0.3 is 0 Å². The molecule has 2 nitrogen and oxygen atoms in total. The molecule has 0 saturated carbocycles. The van der Waals surface area contributed by atoms with Gasteiger partial charge in [0.15, 0.2) is 0 Å². The molecule has 1 aliphatic heterocycles. The molecule has 1 aromatic rings. The molecule has 0 radical (unpaired) electrons. The molecule has 0 aliphatic carbocycles. The SMILES string of the molecule is CCC1(CC)CCN(c2nc(Cl)c(Cl)cc2Cl)CC1. The summed E-state index contributed by atoms with van der Waals surface area (Å²) in [4.78, 5) is 6.54. The highest BCUT2D eigenvalue weighted by Gasteiger charge is 2.32. The van der Waals surface area contributed by atoms with E-state index < -0.39 is 0 Å². The van der Waals surface area contributed by atoms with E-state index in [4.69, 9.17) is 34.8 Å². The van der Waals surface area contributed by atoms with Crippen molar-refractivity contribution >= 4 is 40.6 Å². The van der Waals surface area contributed by atoms with Gasteiger partial charge in [0.1, 0.15) is 11.0 Å². The predicted octanol–water partition coefficient (Wildman–Crippen LogP) is 5.45. The zero-order chi connectivity index (χ0) is 14.0. The molecular weight excluding hydrogens is 303 g/mol. The molecule has 106 valence electrons. The van der Waals surface area contributed by atoms with Gasteiger partial charge in [-0.15, -0.1) is 0 Å². The largest absolute Gasteiger partial charge is 0.355 e. The second-order valence-corrected chi connectivity index (χ2v) is 6.43. The first-order chi connectivity index (χ1) is 9.01. The highest BCUT2D eigenvalue weighted by molar-refractivity contribution is 6.42. The maximum Gasteiger partial charge on any atom is 0.150 e. The lowest BCUT2D eigenvalue weighted by Gasteiger charge is -2.41. The minimum atomic E-state index is 0.323. The number of hydrogen-bond acceptors (Lipinski definition) is 2. The molecule has 0 unspecified atom stereocenters. The molecule has 0 atom stereocenters. The molecule has 0 N–H and O–H groups in total. The molecule has 1 saturated heterocycles. The molecule has 2 rings (SSSR count). The molecule has 0 bridgehead atoms. The number of rotatable bonds is 3. The average Bonchev–Trinajstić information content (AvgIpc) is 2.43. The Morgan fingerprint density at radius 1 is 1.11 bits per heavy atom. The van der Waals surface area contributed by atoms with E-state index in [1.165, 1.54) is 25.7 Å². The Kier molecular flexibility index (Phi) is 4.86. The topological polar surface area (TPSA) is 16.1 Å². The molecule has 0 spiro atoms. The van der Waals surface area contributed by atoms with Crippen LogP contribution in [0.5, 0.6) is 0 Å². The maximum atomic E-state index is 6.23. The van der Waals surface area contributed by atoms with E-state index in [2.05, 4.69) is 23.7 Å². The summed E-state index contributed by atoms with van der Waals surface area (Å²) in [7, 11) is 0. The standard InChI is InChI=1S/C14H19Cl3N2/c1-3-14(4-2)5-7-19(8-6-14)13-11(16)9-10(15)12(17)18-13/h9H,3-8H2,1-2H3. The van der Waals surface area contributed by atoms with Gasteiger partial charge in [-0.05, 0) is 24.3 Å². The number of nitrogens with zero attached hydrogens (tertiary/aromatic N) is 2. The van der Waals surface area contributed by atoms with Crippen molar-refractivity contribution in [1.29, 1.82) is 0 Å². The smallest absolute Gasteiger partial charge is 0.150 e. The van der Waals surface area contributed by atoms with E-state index >= 15 is 0 Å². The zero-order valence-electron chi connectivity index (χ0n) is 11.3. The van der Waals surface area contributed by atoms with Crippen LogP contribution in [-0.4, -0.2) is 18.1 Å². The summed E-state index contributed by atoms with van der Waals surface area (Å²) in [5, 5.41) is 1.31. The monoisotopic (exact) mass is 320 g/mol. The normalized spacial score (nSPS) is 18.7. The van der Waals surface area contributed by atoms with Crippen LogP contribution in [0.4, 0.5) is 5.82 Å². The van der Waals surface area contributed by atoms with Gasteiger partial charge in [-0.3, -0.25) is 0 Å². The Balaban J connectivity index is 2.16. The summed E-state index contributed by atoms with van der Waals surface area (Å²) < 4.78 is 0. The summed E-state index contributed by atoms with van der Waals surface area (Å²) in [5.74, 6) is 0.761. The first kappa shape index (κ1) is 15.2. The van der Waals surface area contributed by atoms with Gasteiger partial charge in [-0.1, -0.05) is 61.5 Å². The first-order valence-corrected chi connectivity index (χ1v) is 7.91. The van der Waals surface area contributed by atoms with E-state index in [0.29, 0.717) is 20.6 Å². The molecule has 1 fully saturated rings. The van der Waals surface area contributed by atoms with Crippen molar-refractivity contribution in [3.05, 3.63) is 21.3 Å². The number of piperidine rings is 1. The van der Waals surface area contributed by atoms with Crippen molar-refractivity contribution in [2.75, 3.05) is 18.0 Å². The molecule has 1 aliphatic rings. The number of anilines is 1. The highest BCUT2D eigenvalue weighted by Crippen LogP contribution is 2.40. The van der Waals surface area contributed by atoms with Gasteiger partial charge in [0.2, 0.25) is 0 Å². The fourth-order valence-electron chi connectivity index (χ4n) is 2.81. The van der Waals surface area contributed by atoms with Gasteiger partial charge in [0.05, 0.1) is 10.0 Å². The van der Waals surface area contributed by atoms with E-state index in [1.54, 1.807) is 6.07 Å². The maximum absolute atomic E-state index is 6.23. The Hall–Kier alpha value is -0.180. The summed E-state index contributed by atoms with van der Waals surface area (Å²) in [5.41, 5.74) is 0.485. The van der Waals surface area contributed by atoms with Crippen LogP contribution in [0.2, 0.25) is 15.2 Å². The van der Waals surface area contributed by atoms with E-state index in [1.807, 2.05) is 0 Å². The van der Waals surface area contributed by atoms with Crippen LogP contribution in [0.1, 0.15) is 39.5 Å². The molecular formula is C14H19Cl3N2. The predicted molar refractivity (Wildman–Crippen MR) is 83.7 cm³/mol. The first-order valence-electron chi connectivity index (χ1n) is 6.78. The highest BCUT2D eigenvalue weighted by atomic mass is 35.5. The minimum Gasteiger partial charge on any atom is -0.355 e. The van der Waals surface area contributed by atoms with Crippen LogP contribution >= 0.6 is 34.8 Å². The minimum absolute atomic E-state index is 0.323. The third kappa shape index (κ3) is 3.12. The molecule has 2 heterocycles. The number of aromatic nitrogens is 1. The molecule has 0 aromatic carbocycles. The van der Waals surface area contributed by atoms with Crippen molar-refractivity contribution in [2.24, 2.45) is 5.41 Å². The zero-order valence-corrected chi connectivity index (χ0v) is 13.6. The van der Waals surface area contributed by atoms with Crippen molar-refractivity contribution in [3.63, 3.8) is 0 Å². The molecule has 1 aromatic heterocycles. The van der Waals surface area contributed by atoms with Gasteiger partial charge in [0, 0.05) is 13.1 Å². The lowest BCUT2D eigenvalue weighted by Crippen LogP contribution is -2.40. The van der Waals surface area contributed by atoms with E-state index in [9.17, 15) is 0 Å². The second kappa shape index (κ2) is 6.07. The fraction of sp³-hybridized carbons (Fsp3) is 0.643. The van der Waals surface area contributed by atoms with Gasteiger partial charge in [0.25, 0.3) is 0 Å². The van der Waals surface area contributed by atoms with Crippen LogP contribution < -0.4 is 4.90 Å². The van der Waals surface area contributed by atoms with Crippen LogP contribution in [-0.2, 0) is 0 Å². The third-order valence-electron chi connectivity index (χ3n) is 4.49. The summed E-state index contributed by atoms with van der Waals surface area (Å²) in [6.45, 7) is 6.52. The van der Waals surface area contributed by atoms with Crippen molar-refractivity contribution in [1.82, 2.24) is 4.98 Å². The van der Waals surface area contributed by atoms with E-state index in [-0.39, 0.29) is 0 Å². The Labute approximate surface area is 130 Å². The number of hydrogen-bond donors (Lipinski definition) is 0. The summed E-state index contributed by atoms with van der Waals surface area (Å²) in [6, 6.07) is 1.68. The number of halogens is 3. The van der Waals surface area contributed by atoms with Crippen molar-refractivity contribution in [2.45, 2.75) is 39.5 Å². The van der Waals surface area contributed by atoms with E-state index in [0.717, 1.165) is 18.9 Å². The second-order valence-electron chi connectivity index (χ2n) is 5.26. The van der Waals surface area contributed by atoms with Gasteiger partial charge < -0.3 is 4.90 Å². The van der Waals surface area contributed by atoms with Gasteiger partial charge in [-0.2, -0.15) is 0 Å². The third-order valence-corrected chi connectivity index (χ3v) is 5.44. The Morgan fingerprint density at radius 2 is 1.68 bits per heavy atom. The quantitative estimate of drug-likeness (QED) is 0.688. The Morgan fingerprint density at radius 3 is 2.21 bits per heavy atom. The number of pyridine rings is 1. The average molecular weight is 322 g/mol. The fourth-order valence-corrected chi connectivity index (χ4v) is 3.42. The van der Waals surface area contributed by atoms with Crippen LogP contribution in [0.25, 0.3) is 0 Å². The van der Waals surface area contributed by atoms with Crippen molar-refractivity contribution in [3.8, 4) is 0 Å². The summed E-state index contributed by atoms with van der Waals surface area (Å²) in [6.07, 6.45) is 4.83. The van der Waals surface area contributed by atoms with Gasteiger partial charge in [-0.25, -0.2) is 4.98 Å². The van der Waals surface area contributed by atoms with Crippen LogP contribution in [0.15, 0.2) is 6.07 Å². The molecule has 0 amide bonds. The Bertz CT molecular complexity index is 448. The lowest BCUT2D eigenvalue weighted by molar-refractivity contribution is 0.199. The summed E-state index contributed by atoms with van der Waals surface area (Å²) >= 11 is 18.1. The van der Waals surface area contributed by atoms with Crippen molar-refractivity contribution < 1.29 is 0 Å². The molecule has 19 heavy (non-hydrogen) atoms. The molecule has 5 heteroatoms. The van der Waals surface area contributed by atoms with Crippen LogP contribution in [0, 0.1) is 5.41 Å².